The normalized spacial score (nSPS) is 19.2. The molecule has 0 atom stereocenters. The second-order valence-corrected chi connectivity index (χ2v) is 6.98. The van der Waals surface area contributed by atoms with Crippen LogP contribution in [0.1, 0.15) is 44.9 Å². The zero-order valence-electron chi connectivity index (χ0n) is 15.3. The highest BCUT2D eigenvalue weighted by Gasteiger charge is 2.26. The van der Waals surface area contributed by atoms with Crippen LogP contribution in [0.4, 0.5) is 0 Å². The predicted octanol–water partition coefficient (Wildman–Crippen LogP) is 0.780. The first kappa shape index (κ1) is 19.7. The molecule has 0 unspecified atom stereocenters. The van der Waals surface area contributed by atoms with Crippen LogP contribution in [0.2, 0.25) is 0 Å². The fourth-order valence-electron chi connectivity index (χ4n) is 3.48. The molecule has 7 heteroatoms. The van der Waals surface area contributed by atoms with Crippen LogP contribution in [-0.4, -0.2) is 74.0 Å². The van der Waals surface area contributed by atoms with E-state index in [9.17, 15) is 14.4 Å². The van der Waals surface area contributed by atoms with E-state index < -0.39 is 0 Å². The molecular formula is C18H31N3O4. The quantitative estimate of drug-likeness (QED) is 0.654. The summed E-state index contributed by atoms with van der Waals surface area (Å²) in [6.45, 7) is 3.49. The highest BCUT2D eigenvalue weighted by molar-refractivity contribution is 5.85. The van der Waals surface area contributed by atoms with E-state index in [0.717, 1.165) is 45.2 Å². The molecule has 2 aliphatic heterocycles. The van der Waals surface area contributed by atoms with Crippen molar-refractivity contribution in [2.45, 2.75) is 44.9 Å². The molecule has 142 valence electrons. The molecule has 7 nitrogen and oxygen atoms in total. The topological polar surface area (TPSA) is 79.0 Å². The molecule has 0 radical (unpaired) electrons. The second-order valence-electron chi connectivity index (χ2n) is 6.98. The minimum absolute atomic E-state index is 0.0611. The number of piperidine rings is 2. The van der Waals surface area contributed by atoms with Gasteiger partial charge in [0.15, 0.2) is 0 Å². The van der Waals surface area contributed by atoms with Crippen molar-refractivity contribution in [1.29, 1.82) is 0 Å². The molecule has 0 aliphatic carbocycles. The largest absolute Gasteiger partial charge is 0.383 e. The number of likely N-dealkylation sites (tertiary alicyclic amines) is 2. The van der Waals surface area contributed by atoms with Gasteiger partial charge in [0.05, 0.1) is 13.2 Å². The van der Waals surface area contributed by atoms with E-state index in [1.165, 1.54) is 0 Å². The van der Waals surface area contributed by atoms with Crippen molar-refractivity contribution in [1.82, 2.24) is 15.1 Å². The van der Waals surface area contributed by atoms with Gasteiger partial charge in [0.25, 0.3) is 0 Å². The van der Waals surface area contributed by atoms with E-state index in [4.69, 9.17) is 4.74 Å². The Morgan fingerprint density at radius 2 is 1.96 bits per heavy atom. The monoisotopic (exact) mass is 353 g/mol. The van der Waals surface area contributed by atoms with E-state index in [1.807, 2.05) is 4.90 Å². The molecule has 0 aromatic carbocycles. The summed E-state index contributed by atoms with van der Waals surface area (Å²) in [7, 11) is 1.61. The number of rotatable bonds is 8. The number of hydrogen-bond donors (Lipinski definition) is 1. The van der Waals surface area contributed by atoms with E-state index in [0.29, 0.717) is 38.5 Å². The number of carbonyl (C=O) groups is 3. The van der Waals surface area contributed by atoms with Gasteiger partial charge in [0.2, 0.25) is 17.7 Å². The zero-order valence-corrected chi connectivity index (χ0v) is 15.3. The van der Waals surface area contributed by atoms with Crippen LogP contribution in [0.3, 0.4) is 0 Å². The van der Waals surface area contributed by atoms with Crippen molar-refractivity contribution in [2.24, 2.45) is 5.92 Å². The number of hydrogen-bond acceptors (Lipinski definition) is 4. The molecule has 0 aromatic rings. The number of methoxy groups -OCH3 is 1. The van der Waals surface area contributed by atoms with Gasteiger partial charge in [-0.15, -0.1) is 0 Å². The fraction of sp³-hybridized carbons (Fsp3) is 0.833. The molecule has 0 aromatic heterocycles. The van der Waals surface area contributed by atoms with Crippen molar-refractivity contribution < 1.29 is 19.1 Å². The molecule has 2 rings (SSSR count). The molecular weight excluding hydrogens is 322 g/mol. The summed E-state index contributed by atoms with van der Waals surface area (Å²) in [6.07, 6.45) is 5.77. The van der Waals surface area contributed by atoms with Gasteiger partial charge in [0.1, 0.15) is 0 Å². The average molecular weight is 353 g/mol. The third-order valence-corrected chi connectivity index (χ3v) is 5.12. The van der Waals surface area contributed by atoms with Crippen LogP contribution in [-0.2, 0) is 19.1 Å². The van der Waals surface area contributed by atoms with Gasteiger partial charge in [-0.1, -0.05) is 0 Å². The summed E-state index contributed by atoms with van der Waals surface area (Å²) in [5.74, 6) is 0.730. The standard InChI is InChI=1S/C18H31N3O4/c1-25-13-9-19-16(22)6-5-15-7-11-20(12-8-15)18(24)14-21-10-3-2-4-17(21)23/h15H,2-14H2,1H3,(H,19,22). The van der Waals surface area contributed by atoms with Crippen LogP contribution in [0.5, 0.6) is 0 Å². The first-order valence-corrected chi connectivity index (χ1v) is 9.41. The van der Waals surface area contributed by atoms with Crippen molar-refractivity contribution in [2.75, 3.05) is 46.4 Å². The van der Waals surface area contributed by atoms with Crippen LogP contribution in [0.25, 0.3) is 0 Å². The van der Waals surface area contributed by atoms with Gasteiger partial charge >= 0.3 is 0 Å². The Morgan fingerprint density at radius 1 is 1.20 bits per heavy atom. The molecule has 2 aliphatic rings. The Kier molecular flexibility index (Phi) is 8.18. The summed E-state index contributed by atoms with van der Waals surface area (Å²) < 4.78 is 4.91. The third kappa shape index (κ3) is 6.65. The molecule has 3 amide bonds. The fourth-order valence-corrected chi connectivity index (χ4v) is 3.48. The number of carbonyl (C=O) groups excluding carboxylic acids is 3. The molecule has 2 saturated heterocycles. The first-order chi connectivity index (χ1) is 12.1. The summed E-state index contributed by atoms with van der Waals surface area (Å²) in [5, 5.41) is 2.83. The van der Waals surface area contributed by atoms with E-state index in [-0.39, 0.29) is 24.3 Å². The van der Waals surface area contributed by atoms with Crippen LogP contribution in [0.15, 0.2) is 0 Å². The first-order valence-electron chi connectivity index (χ1n) is 9.41. The summed E-state index contributed by atoms with van der Waals surface area (Å²) in [4.78, 5) is 39.5. The summed E-state index contributed by atoms with van der Waals surface area (Å²) in [5.41, 5.74) is 0. The van der Waals surface area contributed by atoms with E-state index in [1.54, 1.807) is 12.0 Å². The zero-order chi connectivity index (χ0) is 18.1. The molecule has 1 N–H and O–H groups in total. The average Bonchev–Trinajstić information content (AvgIpc) is 2.62. The number of ether oxygens (including phenoxy) is 1. The molecule has 0 saturated carbocycles. The maximum absolute atomic E-state index is 12.4. The smallest absolute Gasteiger partial charge is 0.242 e. The van der Waals surface area contributed by atoms with Gasteiger partial charge in [-0.25, -0.2) is 0 Å². The molecule has 2 heterocycles. The number of amides is 3. The maximum atomic E-state index is 12.4. The lowest BCUT2D eigenvalue weighted by molar-refractivity contribution is -0.142. The lowest BCUT2D eigenvalue weighted by atomic mass is 9.92. The molecule has 0 spiro atoms. The van der Waals surface area contributed by atoms with Crippen molar-refractivity contribution in [3.63, 3.8) is 0 Å². The number of nitrogens with zero attached hydrogens (tertiary/aromatic N) is 2. The highest BCUT2D eigenvalue weighted by atomic mass is 16.5. The SMILES string of the molecule is COCCNC(=O)CCC1CCN(C(=O)CN2CCCCC2=O)CC1. The van der Waals surface area contributed by atoms with Crippen LogP contribution in [0, 0.1) is 5.92 Å². The Hall–Kier alpha value is -1.63. The molecule has 0 bridgehead atoms. The Labute approximate surface area is 150 Å². The Morgan fingerprint density at radius 3 is 2.64 bits per heavy atom. The lowest BCUT2D eigenvalue weighted by Gasteiger charge is -2.34. The van der Waals surface area contributed by atoms with Crippen molar-refractivity contribution >= 4 is 17.7 Å². The van der Waals surface area contributed by atoms with Gasteiger partial charge in [0, 0.05) is 46.1 Å². The maximum Gasteiger partial charge on any atom is 0.242 e. The van der Waals surface area contributed by atoms with Crippen molar-refractivity contribution in [3.05, 3.63) is 0 Å². The van der Waals surface area contributed by atoms with Gasteiger partial charge in [-0.2, -0.15) is 0 Å². The minimum atomic E-state index is 0.0611. The van der Waals surface area contributed by atoms with E-state index in [2.05, 4.69) is 5.32 Å². The van der Waals surface area contributed by atoms with Gasteiger partial charge in [-0.3, -0.25) is 14.4 Å². The molecule has 2 fully saturated rings. The highest BCUT2D eigenvalue weighted by Crippen LogP contribution is 2.22. The van der Waals surface area contributed by atoms with Crippen LogP contribution < -0.4 is 5.32 Å². The Balaban J connectivity index is 1.62. The third-order valence-electron chi connectivity index (χ3n) is 5.12. The second kappa shape index (κ2) is 10.4. The summed E-state index contributed by atoms with van der Waals surface area (Å²) >= 11 is 0. The summed E-state index contributed by atoms with van der Waals surface area (Å²) in [6, 6.07) is 0. The van der Waals surface area contributed by atoms with Gasteiger partial charge < -0.3 is 19.9 Å². The lowest BCUT2D eigenvalue weighted by Crippen LogP contribution is -2.47. The van der Waals surface area contributed by atoms with Crippen LogP contribution >= 0.6 is 0 Å². The predicted molar refractivity (Wildman–Crippen MR) is 93.9 cm³/mol. The minimum Gasteiger partial charge on any atom is -0.383 e. The van der Waals surface area contributed by atoms with E-state index >= 15 is 0 Å². The number of nitrogens with one attached hydrogen (secondary N) is 1. The van der Waals surface area contributed by atoms with Gasteiger partial charge in [-0.05, 0) is 38.0 Å². The molecule has 25 heavy (non-hydrogen) atoms. The van der Waals surface area contributed by atoms with Crippen molar-refractivity contribution in [3.8, 4) is 0 Å². The Bertz CT molecular complexity index is 461.